The third-order valence-electron chi connectivity index (χ3n) is 2.82. The van der Waals surface area contributed by atoms with E-state index in [2.05, 4.69) is 22.3 Å². The number of hydrogen-bond donors (Lipinski definition) is 1. The molecular formula is C12H18N4O. The summed E-state index contributed by atoms with van der Waals surface area (Å²) in [5.74, 6) is 1.99. The summed E-state index contributed by atoms with van der Waals surface area (Å²) in [6, 6.07) is 4.36. The highest BCUT2D eigenvalue weighted by Crippen LogP contribution is 2.06. The Kier molecular flexibility index (Phi) is 3.93. The quantitative estimate of drug-likeness (QED) is 0.823. The molecule has 0 aliphatic carbocycles. The molecule has 2 rings (SSSR count). The number of furan rings is 1. The van der Waals surface area contributed by atoms with Gasteiger partial charge in [-0.1, -0.05) is 0 Å². The minimum absolute atomic E-state index is 0.428. The Morgan fingerprint density at radius 2 is 2.41 bits per heavy atom. The van der Waals surface area contributed by atoms with Crippen LogP contribution in [0.1, 0.15) is 24.9 Å². The summed E-state index contributed by atoms with van der Waals surface area (Å²) < 4.78 is 7.08. The Balaban J connectivity index is 1.71. The number of rotatable bonds is 6. The Hall–Kier alpha value is -1.62. The normalized spacial score (nSPS) is 12.8. The number of aryl methyl sites for hydroxylation is 2. The first kappa shape index (κ1) is 11.9. The van der Waals surface area contributed by atoms with Crippen LogP contribution in [0.3, 0.4) is 0 Å². The summed E-state index contributed by atoms with van der Waals surface area (Å²) in [6.07, 6.45) is 5.29. The molecule has 5 nitrogen and oxygen atoms in total. The van der Waals surface area contributed by atoms with Crippen molar-refractivity contribution >= 4 is 0 Å². The van der Waals surface area contributed by atoms with Crippen molar-refractivity contribution in [3.8, 4) is 0 Å². The first-order chi connectivity index (χ1) is 8.25. The van der Waals surface area contributed by atoms with Gasteiger partial charge in [-0.05, 0) is 25.5 Å². The summed E-state index contributed by atoms with van der Waals surface area (Å²) in [4.78, 5) is 4.17. The summed E-state index contributed by atoms with van der Waals surface area (Å²) in [7, 11) is 1.90. The van der Waals surface area contributed by atoms with Gasteiger partial charge in [-0.3, -0.25) is 4.68 Å². The van der Waals surface area contributed by atoms with E-state index in [0.717, 1.165) is 31.0 Å². The topological polar surface area (TPSA) is 55.9 Å². The predicted octanol–water partition coefficient (Wildman–Crippen LogP) is 1.52. The molecule has 1 unspecified atom stereocenters. The van der Waals surface area contributed by atoms with Gasteiger partial charge in [0.1, 0.15) is 17.9 Å². The van der Waals surface area contributed by atoms with E-state index in [4.69, 9.17) is 4.42 Å². The van der Waals surface area contributed by atoms with Gasteiger partial charge in [0.05, 0.1) is 12.8 Å². The van der Waals surface area contributed by atoms with E-state index in [0.29, 0.717) is 6.04 Å². The lowest BCUT2D eigenvalue weighted by Gasteiger charge is -2.12. The number of nitrogens with one attached hydrogen (secondary N) is 1. The van der Waals surface area contributed by atoms with E-state index in [9.17, 15) is 0 Å². The minimum Gasteiger partial charge on any atom is -0.469 e. The van der Waals surface area contributed by atoms with Crippen molar-refractivity contribution in [1.29, 1.82) is 0 Å². The molecule has 0 aromatic carbocycles. The van der Waals surface area contributed by atoms with Crippen molar-refractivity contribution in [2.24, 2.45) is 7.05 Å². The van der Waals surface area contributed by atoms with Crippen molar-refractivity contribution in [2.45, 2.75) is 32.4 Å². The second-order valence-corrected chi connectivity index (χ2v) is 4.20. The monoisotopic (exact) mass is 234 g/mol. The van der Waals surface area contributed by atoms with Gasteiger partial charge in [-0.15, -0.1) is 0 Å². The van der Waals surface area contributed by atoms with Crippen molar-refractivity contribution in [2.75, 3.05) is 0 Å². The molecule has 0 aliphatic rings. The Bertz CT molecular complexity index is 435. The molecular weight excluding hydrogens is 216 g/mol. The Morgan fingerprint density at radius 1 is 1.53 bits per heavy atom. The summed E-state index contributed by atoms with van der Waals surface area (Å²) in [5.41, 5.74) is 0. The van der Waals surface area contributed by atoms with Crippen LogP contribution >= 0.6 is 0 Å². The van der Waals surface area contributed by atoms with E-state index < -0.39 is 0 Å². The van der Waals surface area contributed by atoms with Crippen LogP contribution in [0.5, 0.6) is 0 Å². The fraction of sp³-hybridized carbons (Fsp3) is 0.500. The third-order valence-corrected chi connectivity index (χ3v) is 2.82. The fourth-order valence-corrected chi connectivity index (χ4v) is 1.66. The molecule has 0 aliphatic heterocycles. The van der Waals surface area contributed by atoms with E-state index in [-0.39, 0.29) is 0 Å². The second kappa shape index (κ2) is 5.63. The highest BCUT2D eigenvalue weighted by molar-refractivity contribution is 4.98. The van der Waals surface area contributed by atoms with Crippen molar-refractivity contribution in [3.63, 3.8) is 0 Å². The number of hydrogen-bond acceptors (Lipinski definition) is 4. The first-order valence-corrected chi connectivity index (χ1v) is 5.84. The van der Waals surface area contributed by atoms with Crippen LogP contribution < -0.4 is 5.32 Å². The van der Waals surface area contributed by atoms with Crippen molar-refractivity contribution < 1.29 is 4.42 Å². The maximum Gasteiger partial charge on any atom is 0.140 e. The summed E-state index contributed by atoms with van der Waals surface area (Å²) >= 11 is 0. The Labute approximate surface area is 101 Å². The van der Waals surface area contributed by atoms with Gasteiger partial charge in [0.2, 0.25) is 0 Å². The molecule has 1 N–H and O–H groups in total. The molecule has 2 aromatic heterocycles. The first-order valence-electron chi connectivity index (χ1n) is 5.84. The Morgan fingerprint density at radius 3 is 3.06 bits per heavy atom. The molecule has 0 spiro atoms. The number of nitrogens with zero attached hydrogens (tertiary/aromatic N) is 3. The average molecular weight is 234 g/mol. The zero-order valence-corrected chi connectivity index (χ0v) is 10.3. The number of aromatic nitrogens is 3. The van der Waals surface area contributed by atoms with Crippen LogP contribution in [0, 0.1) is 0 Å². The molecule has 0 saturated carbocycles. The van der Waals surface area contributed by atoms with E-state index in [1.54, 1.807) is 17.3 Å². The van der Waals surface area contributed by atoms with Gasteiger partial charge in [0.15, 0.2) is 0 Å². The van der Waals surface area contributed by atoms with Gasteiger partial charge < -0.3 is 9.73 Å². The predicted molar refractivity (Wildman–Crippen MR) is 64.3 cm³/mol. The lowest BCUT2D eigenvalue weighted by atomic mass is 10.1. The summed E-state index contributed by atoms with van der Waals surface area (Å²) in [5, 5.41) is 7.46. The molecule has 5 heteroatoms. The van der Waals surface area contributed by atoms with Crippen LogP contribution in [-0.4, -0.2) is 20.8 Å². The lowest BCUT2D eigenvalue weighted by molar-refractivity contribution is 0.453. The van der Waals surface area contributed by atoms with Crippen LogP contribution in [0.15, 0.2) is 29.1 Å². The molecule has 0 amide bonds. The highest BCUT2D eigenvalue weighted by atomic mass is 16.3. The van der Waals surface area contributed by atoms with Crippen LogP contribution in [0.25, 0.3) is 0 Å². The van der Waals surface area contributed by atoms with Crippen molar-refractivity contribution in [1.82, 2.24) is 20.1 Å². The van der Waals surface area contributed by atoms with Crippen molar-refractivity contribution in [3.05, 3.63) is 36.3 Å². The SMILES string of the molecule is CC(CCc1ccco1)NCc1ncnn1C. The molecule has 17 heavy (non-hydrogen) atoms. The molecule has 2 aromatic rings. The molecule has 0 radical (unpaired) electrons. The maximum absolute atomic E-state index is 5.30. The lowest BCUT2D eigenvalue weighted by Crippen LogP contribution is -2.27. The smallest absolute Gasteiger partial charge is 0.140 e. The summed E-state index contributed by atoms with van der Waals surface area (Å²) in [6.45, 7) is 2.91. The minimum atomic E-state index is 0.428. The van der Waals surface area contributed by atoms with Gasteiger partial charge in [0, 0.05) is 19.5 Å². The third kappa shape index (κ3) is 3.42. The van der Waals surface area contributed by atoms with Gasteiger partial charge >= 0.3 is 0 Å². The van der Waals surface area contributed by atoms with Gasteiger partial charge in [0.25, 0.3) is 0 Å². The van der Waals surface area contributed by atoms with E-state index in [1.165, 1.54) is 0 Å². The average Bonchev–Trinajstić information content (AvgIpc) is 2.95. The zero-order chi connectivity index (χ0) is 12.1. The fourth-order valence-electron chi connectivity index (χ4n) is 1.66. The van der Waals surface area contributed by atoms with Gasteiger partial charge in [-0.2, -0.15) is 5.10 Å². The molecule has 0 saturated heterocycles. The largest absolute Gasteiger partial charge is 0.469 e. The molecule has 0 fully saturated rings. The maximum atomic E-state index is 5.30. The van der Waals surface area contributed by atoms with E-state index in [1.807, 2.05) is 19.2 Å². The zero-order valence-electron chi connectivity index (χ0n) is 10.3. The standard InChI is InChI=1S/C12H18N4O/c1-10(5-6-11-4-3-7-17-11)13-8-12-14-9-15-16(12)2/h3-4,7,9-10,13H,5-6,8H2,1-2H3. The highest BCUT2D eigenvalue weighted by Gasteiger charge is 2.06. The van der Waals surface area contributed by atoms with E-state index >= 15 is 0 Å². The molecule has 92 valence electrons. The van der Waals surface area contributed by atoms with Crippen LogP contribution in [0.2, 0.25) is 0 Å². The van der Waals surface area contributed by atoms with Crippen LogP contribution in [0.4, 0.5) is 0 Å². The molecule has 1 atom stereocenters. The molecule has 2 heterocycles. The molecule has 0 bridgehead atoms. The van der Waals surface area contributed by atoms with Crippen LogP contribution in [-0.2, 0) is 20.0 Å². The van der Waals surface area contributed by atoms with Gasteiger partial charge in [-0.25, -0.2) is 4.98 Å². The second-order valence-electron chi connectivity index (χ2n) is 4.20.